The lowest BCUT2D eigenvalue weighted by Crippen LogP contribution is -2.45. The minimum absolute atomic E-state index is 0.716. The van der Waals surface area contributed by atoms with Gasteiger partial charge in [0.15, 0.2) is 0 Å². The summed E-state index contributed by atoms with van der Waals surface area (Å²) < 4.78 is 5.59. The van der Waals surface area contributed by atoms with E-state index in [1.54, 1.807) is 6.26 Å². The van der Waals surface area contributed by atoms with E-state index in [4.69, 9.17) is 4.42 Å². The van der Waals surface area contributed by atoms with Crippen molar-refractivity contribution in [3.8, 4) is 11.5 Å². The van der Waals surface area contributed by atoms with Gasteiger partial charge in [-0.3, -0.25) is 4.90 Å². The summed E-state index contributed by atoms with van der Waals surface area (Å²) in [6.45, 7) is 8.78. The van der Waals surface area contributed by atoms with Crippen molar-refractivity contribution in [3.63, 3.8) is 0 Å². The van der Waals surface area contributed by atoms with Crippen LogP contribution in [0.4, 0.5) is 0 Å². The van der Waals surface area contributed by atoms with Crippen LogP contribution in [0.2, 0.25) is 0 Å². The first-order chi connectivity index (χ1) is 9.85. The van der Waals surface area contributed by atoms with Gasteiger partial charge < -0.3 is 9.32 Å². The van der Waals surface area contributed by atoms with Gasteiger partial charge in [0, 0.05) is 38.3 Å². The summed E-state index contributed by atoms with van der Waals surface area (Å²) in [5.74, 6) is 0.716. The molecule has 20 heavy (non-hydrogen) atoms. The molecule has 1 saturated heterocycles. The van der Waals surface area contributed by atoms with E-state index in [2.05, 4.69) is 21.7 Å². The number of likely N-dealkylation sites (N-methyl/N-ethyl adjacent to an activating group) is 1. The van der Waals surface area contributed by atoms with Crippen LogP contribution >= 0.6 is 0 Å². The fraction of sp³-hybridized carbons (Fsp3) is 0.438. The molecule has 1 aliphatic heterocycles. The quantitative estimate of drug-likeness (QED) is 0.855. The van der Waals surface area contributed by atoms with E-state index in [0.29, 0.717) is 5.89 Å². The predicted molar refractivity (Wildman–Crippen MR) is 79.3 cm³/mol. The van der Waals surface area contributed by atoms with Crippen LogP contribution in [-0.2, 0) is 6.54 Å². The Hall–Kier alpha value is -1.65. The maximum atomic E-state index is 5.59. The molecule has 0 spiro atoms. The summed E-state index contributed by atoms with van der Waals surface area (Å²) >= 11 is 0. The molecular formula is C16H21N3O. The van der Waals surface area contributed by atoms with Crippen LogP contribution in [0.3, 0.4) is 0 Å². The zero-order valence-electron chi connectivity index (χ0n) is 12.0. The van der Waals surface area contributed by atoms with E-state index in [1.165, 1.54) is 0 Å². The van der Waals surface area contributed by atoms with Crippen molar-refractivity contribution < 1.29 is 4.42 Å². The maximum absolute atomic E-state index is 5.59. The van der Waals surface area contributed by atoms with Crippen LogP contribution in [0.15, 0.2) is 41.0 Å². The van der Waals surface area contributed by atoms with Crippen LogP contribution in [0, 0.1) is 0 Å². The molecule has 1 fully saturated rings. The Morgan fingerprint density at radius 2 is 1.75 bits per heavy atom. The second kappa shape index (κ2) is 6.20. The third-order valence-electron chi connectivity index (χ3n) is 3.87. The third-order valence-corrected chi connectivity index (χ3v) is 3.87. The highest BCUT2D eigenvalue weighted by atomic mass is 16.3. The molecule has 0 unspecified atom stereocenters. The third kappa shape index (κ3) is 3.08. The number of rotatable bonds is 4. The van der Waals surface area contributed by atoms with Crippen molar-refractivity contribution in [2.75, 3.05) is 32.7 Å². The molecule has 1 aromatic carbocycles. The fourth-order valence-electron chi connectivity index (χ4n) is 2.59. The van der Waals surface area contributed by atoms with Gasteiger partial charge in [-0.2, -0.15) is 0 Å². The molecule has 0 aliphatic carbocycles. The lowest BCUT2D eigenvalue weighted by atomic mass is 10.2. The summed E-state index contributed by atoms with van der Waals surface area (Å²) in [7, 11) is 0. The normalized spacial score (nSPS) is 17.4. The zero-order chi connectivity index (χ0) is 13.8. The molecule has 2 heterocycles. The highest BCUT2D eigenvalue weighted by Gasteiger charge is 2.17. The van der Waals surface area contributed by atoms with E-state index in [0.717, 1.165) is 50.5 Å². The summed E-state index contributed by atoms with van der Waals surface area (Å²) in [6, 6.07) is 10.1. The molecule has 3 rings (SSSR count). The number of aromatic nitrogens is 1. The maximum Gasteiger partial charge on any atom is 0.226 e. The molecule has 1 aromatic heterocycles. The number of piperazine rings is 1. The Balaban J connectivity index is 1.61. The smallest absolute Gasteiger partial charge is 0.226 e. The van der Waals surface area contributed by atoms with E-state index < -0.39 is 0 Å². The number of hydrogen-bond donors (Lipinski definition) is 0. The summed E-state index contributed by atoms with van der Waals surface area (Å²) in [5.41, 5.74) is 2.06. The molecule has 4 heteroatoms. The molecule has 0 amide bonds. The van der Waals surface area contributed by atoms with E-state index in [9.17, 15) is 0 Å². The molecular weight excluding hydrogens is 250 g/mol. The van der Waals surface area contributed by atoms with Crippen molar-refractivity contribution in [1.82, 2.24) is 14.8 Å². The SMILES string of the molecule is CCN1CCN(Cc2coc(-c3ccccc3)n2)CC1. The van der Waals surface area contributed by atoms with Crippen LogP contribution in [0.1, 0.15) is 12.6 Å². The number of nitrogens with zero attached hydrogens (tertiary/aromatic N) is 3. The lowest BCUT2D eigenvalue weighted by molar-refractivity contribution is 0.131. The molecule has 106 valence electrons. The van der Waals surface area contributed by atoms with Crippen molar-refractivity contribution in [1.29, 1.82) is 0 Å². The van der Waals surface area contributed by atoms with Gasteiger partial charge >= 0.3 is 0 Å². The first-order valence-electron chi connectivity index (χ1n) is 7.29. The Morgan fingerprint density at radius 1 is 1.05 bits per heavy atom. The second-order valence-electron chi connectivity index (χ2n) is 5.22. The first-order valence-corrected chi connectivity index (χ1v) is 7.29. The average Bonchev–Trinajstić information content (AvgIpc) is 2.97. The topological polar surface area (TPSA) is 32.5 Å². The molecule has 0 saturated carbocycles. The molecule has 0 N–H and O–H groups in total. The van der Waals surface area contributed by atoms with Gasteiger partial charge in [-0.15, -0.1) is 0 Å². The van der Waals surface area contributed by atoms with Gasteiger partial charge in [-0.1, -0.05) is 25.1 Å². The van der Waals surface area contributed by atoms with Gasteiger partial charge in [-0.25, -0.2) is 4.98 Å². The highest BCUT2D eigenvalue weighted by Crippen LogP contribution is 2.18. The standard InChI is InChI=1S/C16H21N3O/c1-2-18-8-10-19(11-9-18)12-15-13-20-16(17-15)14-6-4-3-5-7-14/h3-7,13H,2,8-12H2,1H3. The van der Waals surface area contributed by atoms with Gasteiger partial charge in [0.1, 0.15) is 6.26 Å². The number of hydrogen-bond acceptors (Lipinski definition) is 4. The van der Waals surface area contributed by atoms with Gasteiger partial charge in [0.05, 0.1) is 5.69 Å². The fourth-order valence-corrected chi connectivity index (χ4v) is 2.59. The number of benzene rings is 1. The van der Waals surface area contributed by atoms with Crippen molar-refractivity contribution in [3.05, 3.63) is 42.3 Å². The van der Waals surface area contributed by atoms with Gasteiger partial charge in [0.2, 0.25) is 5.89 Å². The predicted octanol–water partition coefficient (Wildman–Crippen LogP) is 2.48. The Kier molecular flexibility index (Phi) is 4.14. The Labute approximate surface area is 120 Å². The van der Waals surface area contributed by atoms with Crippen LogP contribution in [0.5, 0.6) is 0 Å². The Bertz CT molecular complexity index is 530. The molecule has 2 aromatic rings. The van der Waals surface area contributed by atoms with Gasteiger partial charge in [-0.05, 0) is 18.7 Å². The Morgan fingerprint density at radius 3 is 2.45 bits per heavy atom. The molecule has 0 radical (unpaired) electrons. The van der Waals surface area contributed by atoms with Crippen LogP contribution in [-0.4, -0.2) is 47.5 Å². The van der Waals surface area contributed by atoms with E-state index in [1.807, 2.05) is 30.3 Å². The van der Waals surface area contributed by atoms with Crippen LogP contribution in [0.25, 0.3) is 11.5 Å². The monoisotopic (exact) mass is 271 g/mol. The summed E-state index contributed by atoms with van der Waals surface area (Å²) in [5, 5.41) is 0. The summed E-state index contributed by atoms with van der Waals surface area (Å²) in [6.07, 6.45) is 1.79. The minimum atomic E-state index is 0.716. The molecule has 0 atom stereocenters. The molecule has 4 nitrogen and oxygen atoms in total. The van der Waals surface area contributed by atoms with Crippen molar-refractivity contribution >= 4 is 0 Å². The number of oxazole rings is 1. The van der Waals surface area contributed by atoms with Crippen molar-refractivity contribution in [2.24, 2.45) is 0 Å². The largest absolute Gasteiger partial charge is 0.444 e. The first kappa shape index (κ1) is 13.3. The van der Waals surface area contributed by atoms with Crippen molar-refractivity contribution in [2.45, 2.75) is 13.5 Å². The summed E-state index contributed by atoms with van der Waals surface area (Å²) in [4.78, 5) is 9.52. The van der Waals surface area contributed by atoms with Gasteiger partial charge in [0.25, 0.3) is 0 Å². The zero-order valence-corrected chi connectivity index (χ0v) is 12.0. The highest BCUT2D eigenvalue weighted by molar-refractivity contribution is 5.52. The molecule has 0 bridgehead atoms. The minimum Gasteiger partial charge on any atom is -0.444 e. The lowest BCUT2D eigenvalue weighted by Gasteiger charge is -2.33. The molecule has 1 aliphatic rings. The van der Waals surface area contributed by atoms with E-state index in [-0.39, 0.29) is 0 Å². The van der Waals surface area contributed by atoms with Crippen LogP contribution < -0.4 is 0 Å². The second-order valence-corrected chi connectivity index (χ2v) is 5.22. The average molecular weight is 271 g/mol. The van der Waals surface area contributed by atoms with E-state index >= 15 is 0 Å².